The molecule has 0 saturated carbocycles. The van der Waals surface area contributed by atoms with Gasteiger partial charge in [0.15, 0.2) is 0 Å². The molecule has 15 heteroatoms. The number of rotatable bonds is 10. The Balaban J connectivity index is 0.739. The van der Waals surface area contributed by atoms with Gasteiger partial charge in [-0.25, -0.2) is 25.0 Å². The van der Waals surface area contributed by atoms with Crippen molar-refractivity contribution in [2.45, 2.75) is 104 Å². The van der Waals surface area contributed by atoms with E-state index in [9.17, 15) is 0 Å². The van der Waals surface area contributed by atoms with Crippen LogP contribution in [0.2, 0.25) is 0 Å². The number of aryl methyl sites for hydroxylation is 15. The highest BCUT2D eigenvalue weighted by atomic mass is 16.5. The second kappa shape index (κ2) is 36.1. The maximum atomic E-state index is 6.60. The third-order valence-electron chi connectivity index (χ3n) is 27.8. The zero-order chi connectivity index (χ0) is 97.1. The van der Waals surface area contributed by atoms with E-state index in [0.717, 1.165) is 281 Å². The number of para-hydroxylation sites is 5. The maximum Gasteiger partial charge on any atom is 0.137 e. The highest BCUT2D eigenvalue weighted by Gasteiger charge is 2.33. The smallest absolute Gasteiger partial charge is 0.137 e. The zero-order valence-electron chi connectivity index (χ0n) is 82.8. The van der Waals surface area contributed by atoms with Gasteiger partial charge in [-0.1, -0.05) is 119 Å². The number of fused-ring (bicyclic) bond motifs is 35. The van der Waals surface area contributed by atoms with Gasteiger partial charge in [-0.15, -0.1) is 0 Å². The van der Waals surface area contributed by atoms with Crippen molar-refractivity contribution < 1.29 is 23.7 Å². The molecule has 15 nitrogen and oxygen atoms in total. The first-order valence-corrected chi connectivity index (χ1v) is 47.6. The Morgan fingerprint density at radius 2 is 0.314 bits per heavy atom. The van der Waals surface area contributed by atoms with Crippen molar-refractivity contribution in [3.8, 4) is 85.0 Å². The topological polar surface area (TPSA) is 187 Å². The summed E-state index contributed by atoms with van der Waals surface area (Å²) in [5.74, 6) is 3.40. The molecule has 11 heterocycles. The minimum atomic E-state index is 0.657. The standard InChI is InChI=1S/C125H110N10O5/c1-66-56-71(6)111(72(7)57-66)116-101-46-36-91(126-101)81-26-21-28-83(121(81)136-16)93-38-48-103(128-93)117(112-73(8)58-67(2)59-74(112)9)105-50-40-95(130-105)85-30-23-32-87(123(85)138-18)97-42-52-107(132-97)119(114-77(12)62-69(4)63-78(114)13)109-54-44-99(134-109)89-34-25-35-90(125(89)140-20)100-45-55-110(135-100)120(115-79(14)64-70(5)65-80(115)15)108-53-43-98(133-108)88-33-24-31-86(124(88)139-19)96-41-51-106(131-96)118(113-75(10)60-68(3)61-76(113)11)104-49-39-94(129-104)84-29-22-27-82(122(84)137-17)92-37-47-102(116)127-92/h21-65,126,128-129,133-134H,1-20H3/b116-102?,117-105+,118-106+,119-107+,120-110+. The lowest BCUT2D eigenvalue weighted by atomic mass is 9.90. The molecule has 140 heavy (non-hydrogen) atoms. The van der Waals surface area contributed by atoms with Crippen molar-refractivity contribution in [3.63, 3.8) is 0 Å². The molecule has 0 amide bonds. The van der Waals surface area contributed by atoms with E-state index in [4.69, 9.17) is 48.6 Å². The van der Waals surface area contributed by atoms with Gasteiger partial charge in [-0.3, -0.25) is 0 Å². The van der Waals surface area contributed by atoms with Gasteiger partial charge in [0.25, 0.3) is 0 Å². The molecule has 5 aromatic heterocycles. The van der Waals surface area contributed by atoms with Crippen LogP contribution in [-0.2, 0) is 0 Å². The molecule has 6 aliphatic rings. The minimum Gasteiger partial charge on any atom is -0.495 e. The Bertz CT molecular complexity index is 8230. The fourth-order valence-corrected chi connectivity index (χ4v) is 22.5. The summed E-state index contributed by atoms with van der Waals surface area (Å²) < 4.78 is 32.9. The number of allylic oxidation sites excluding steroid dienone is 10. The highest BCUT2D eigenvalue weighted by Crippen LogP contribution is 2.50. The molecular weight excluding hydrogens is 1720 g/mol. The maximum absolute atomic E-state index is 6.60. The molecule has 0 atom stereocenters. The van der Waals surface area contributed by atoms with E-state index in [2.05, 4.69) is 402 Å². The van der Waals surface area contributed by atoms with E-state index in [1.165, 1.54) is 27.8 Å². The molecule has 0 aliphatic carbocycles. The van der Waals surface area contributed by atoms with Crippen LogP contribution in [0.25, 0.3) is 84.2 Å². The third-order valence-corrected chi connectivity index (χ3v) is 27.8. The average Bonchev–Trinajstić information content (AvgIpc) is 1.62. The summed E-state index contributed by atoms with van der Waals surface area (Å²) in [5, 5.41) is 0. The molecule has 0 spiro atoms. The van der Waals surface area contributed by atoms with Crippen LogP contribution in [0, 0.1) is 104 Å². The number of aromatic amines is 5. The van der Waals surface area contributed by atoms with Crippen LogP contribution in [0.5, 0.6) is 28.7 Å². The first-order chi connectivity index (χ1) is 67.8. The third kappa shape index (κ3) is 15.8. The van der Waals surface area contributed by atoms with Crippen LogP contribution in [-0.4, -0.2) is 89.0 Å². The van der Waals surface area contributed by atoms with Crippen LogP contribution in [0.4, 0.5) is 0 Å². The second-order valence-corrected chi connectivity index (χ2v) is 37.7. The van der Waals surface area contributed by atoms with Crippen LogP contribution in [0.3, 0.4) is 0 Å². The summed E-state index contributed by atoms with van der Waals surface area (Å²) in [5.41, 5.74) is 52.8. The van der Waals surface area contributed by atoms with E-state index < -0.39 is 0 Å². The van der Waals surface area contributed by atoms with E-state index in [-0.39, 0.29) is 0 Å². The van der Waals surface area contributed by atoms with E-state index >= 15 is 0 Å². The van der Waals surface area contributed by atoms with Crippen LogP contribution in [0.15, 0.2) is 327 Å². The van der Waals surface area contributed by atoms with E-state index in [1.807, 2.05) is 0 Å². The molecule has 21 rings (SSSR count). The number of aliphatic imine (C=N–C) groups is 5. The largest absolute Gasteiger partial charge is 0.495 e. The Morgan fingerprint density at radius 1 is 0.171 bits per heavy atom. The summed E-state index contributed by atoms with van der Waals surface area (Å²) in [6.45, 7) is 32.7. The van der Waals surface area contributed by atoms with Crippen molar-refractivity contribution in [1.29, 1.82) is 0 Å². The van der Waals surface area contributed by atoms with Crippen molar-refractivity contribution >= 4 is 56.4 Å². The Hall–Kier alpha value is -16.7. The van der Waals surface area contributed by atoms with Gasteiger partial charge in [-0.05, 0) is 369 Å². The summed E-state index contributed by atoms with van der Waals surface area (Å²) in [4.78, 5) is 47.8. The molecule has 10 aromatic carbocycles. The summed E-state index contributed by atoms with van der Waals surface area (Å²) in [7, 11) is 8.71. The van der Waals surface area contributed by atoms with Crippen LogP contribution < -0.4 is 23.7 Å². The molecule has 6 aliphatic heterocycles. The van der Waals surface area contributed by atoms with Gasteiger partial charge in [0, 0.05) is 140 Å². The van der Waals surface area contributed by atoms with Crippen LogP contribution >= 0.6 is 0 Å². The SMILES string of the molecule is COc1c2cccc1C1=N/C(=C(/c3c(C)cc(C)cc3C)c3ccc([nH]3)-c3cccc(c3OC)-c3ccc([nH]3)C(c3c(C)cc(C)cc3C)=C3C=CC(=N3)c3cccc(c3OC)-c3ccc([nH]3)/C(c3c(C)cc(C)cc3C)=C3/C=CC(=N3)c3cccc(c3OC)-c3ccc([nH]3)/C(c3c(C)cc(C)cc3C)=C3/C=CC(=N3)c3cccc(c3OC)-c3ccc([nH]3)/C(c3c(C)cc(C)cc3C)=C3/C=CC2=N3)C=C1. The van der Waals surface area contributed by atoms with Gasteiger partial charge in [0.05, 0.1) is 92.6 Å². The number of ether oxygens (including phenoxy) is 5. The predicted molar refractivity (Wildman–Crippen MR) is 576 cm³/mol. The number of benzene rings is 10. The molecule has 0 saturated heterocycles. The van der Waals surface area contributed by atoms with Crippen molar-refractivity contribution in [2.75, 3.05) is 35.5 Å². The van der Waals surface area contributed by atoms with Gasteiger partial charge >= 0.3 is 0 Å². The summed E-state index contributed by atoms with van der Waals surface area (Å²) in [6.07, 6.45) is 21.2. The Morgan fingerprint density at radius 3 is 0.479 bits per heavy atom. The van der Waals surface area contributed by atoms with Crippen LogP contribution in [0.1, 0.15) is 168 Å². The predicted octanol–water partition coefficient (Wildman–Crippen LogP) is 28.7. The van der Waals surface area contributed by atoms with E-state index in [1.54, 1.807) is 35.5 Å². The first-order valence-electron chi connectivity index (χ1n) is 47.6. The van der Waals surface area contributed by atoms with E-state index in [0.29, 0.717) is 28.7 Å². The zero-order valence-corrected chi connectivity index (χ0v) is 82.8. The lowest BCUT2D eigenvalue weighted by Crippen LogP contribution is -2.06. The van der Waals surface area contributed by atoms with Gasteiger partial charge in [0.1, 0.15) is 28.7 Å². The number of aromatic nitrogens is 5. The highest BCUT2D eigenvalue weighted by molar-refractivity contribution is 6.21. The number of H-pyrrole nitrogens is 5. The fraction of sp³-hybridized carbons (Fsp3) is 0.160. The number of hydrogen-bond acceptors (Lipinski definition) is 10. The molecule has 690 valence electrons. The van der Waals surface area contributed by atoms with Crippen molar-refractivity contribution in [2.24, 2.45) is 25.0 Å². The number of nitrogens with zero attached hydrogens (tertiary/aromatic N) is 5. The number of hydrogen-bond donors (Lipinski definition) is 5. The number of methoxy groups -OCH3 is 5. The number of nitrogens with one attached hydrogen (secondary N) is 5. The summed E-state index contributed by atoms with van der Waals surface area (Å²) in [6, 6.07) is 75.5. The Kier molecular flexibility index (Phi) is 23.2. The van der Waals surface area contributed by atoms with Gasteiger partial charge in [0.2, 0.25) is 0 Å². The normalized spacial score (nSPS) is 16.4. The molecule has 15 aromatic rings. The van der Waals surface area contributed by atoms with Crippen molar-refractivity contribution in [3.05, 3.63) is 469 Å². The molecule has 0 fully saturated rings. The minimum absolute atomic E-state index is 0.657. The Labute approximate surface area is 818 Å². The first kappa shape index (κ1) is 89.9. The quantitative estimate of drug-likeness (QED) is 0.0910. The molecule has 0 radical (unpaired) electrons. The molecule has 30 bridgehead atoms. The molecule has 0 unspecified atom stereocenters. The molecule has 5 N–H and O–H groups in total. The molecular formula is C125H110N10O5. The average molecular weight is 1830 g/mol. The van der Waals surface area contributed by atoms with Crippen molar-refractivity contribution in [1.82, 2.24) is 24.9 Å². The van der Waals surface area contributed by atoms with Gasteiger partial charge in [-0.2, -0.15) is 0 Å². The fourth-order valence-electron chi connectivity index (χ4n) is 22.5. The monoisotopic (exact) mass is 1830 g/mol. The van der Waals surface area contributed by atoms with Gasteiger partial charge < -0.3 is 48.6 Å². The summed E-state index contributed by atoms with van der Waals surface area (Å²) >= 11 is 0. The lowest BCUT2D eigenvalue weighted by Gasteiger charge is -2.17. The second-order valence-electron chi connectivity index (χ2n) is 37.7. The lowest BCUT2D eigenvalue weighted by molar-refractivity contribution is 0.413.